The minimum Gasteiger partial charge on any atom is -0.331 e. The van der Waals surface area contributed by atoms with Crippen molar-refractivity contribution in [3.63, 3.8) is 0 Å². The summed E-state index contributed by atoms with van der Waals surface area (Å²) in [5, 5.41) is 0. The van der Waals surface area contributed by atoms with E-state index in [9.17, 15) is 4.79 Å². The molecule has 4 nitrogen and oxygen atoms in total. The Morgan fingerprint density at radius 1 is 1.41 bits per heavy atom. The molecule has 0 bridgehead atoms. The lowest BCUT2D eigenvalue weighted by molar-refractivity contribution is -0.117. The fourth-order valence-corrected chi connectivity index (χ4v) is 2.45. The number of anilines is 1. The Labute approximate surface area is 99.9 Å². The number of fused-ring (bicyclic) bond motifs is 1. The van der Waals surface area contributed by atoms with Gasteiger partial charge in [-0.25, -0.2) is 4.98 Å². The van der Waals surface area contributed by atoms with Crippen molar-refractivity contribution in [3.05, 3.63) is 24.5 Å². The van der Waals surface area contributed by atoms with Crippen LogP contribution in [-0.2, 0) is 11.3 Å². The van der Waals surface area contributed by atoms with E-state index in [-0.39, 0.29) is 5.91 Å². The maximum Gasteiger partial charge on any atom is 0.227 e. The molecular weight excluding hydrogens is 214 g/mol. The Kier molecular flexibility index (Phi) is 2.35. The Bertz CT molecular complexity index is 573. The highest BCUT2D eigenvalue weighted by atomic mass is 16.2. The third-order valence-corrected chi connectivity index (χ3v) is 3.33. The molecule has 0 unspecified atom stereocenters. The number of hydrogen-bond acceptors (Lipinski definition) is 2. The van der Waals surface area contributed by atoms with Crippen molar-refractivity contribution in [2.24, 2.45) is 0 Å². The monoisotopic (exact) mass is 229 g/mol. The number of para-hydroxylation sites is 1. The topological polar surface area (TPSA) is 38.1 Å². The summed E-state index contributed by atoms with van der Waals surface area (Å²) >= 11 is 0. The maximum absolute atomic E-state index is 11.8. The molecule has 0 atom stereocenters. The fraction of sp³-hybridized carbons (Fsp3) is 0.385. The van der Waals surface area contributed by atoms with Gasteiger partial charge >= 0.3 is 0 Å². The molecule has 2 aromatic rings. The number of hydrogen-bond donors (Lipinski definition) is 0. The predicted octanol–water partition coefficient (Wildman–Crippen LogP) is 2.18. The lowest BCUT2D eigenvalue weighted by Crippen LogP contribution is -2.23. The highest BCUT2D eigenvalue weighted by Crippen LogP contribution is 2.28. The van der Waals surface area contributed by atoms with E-state index in [4.69, 9.17) is 0 Å². The molecule has 3 rings (SSSR count). The maximum atomic E-state index is 11.8. The van der Waals surface area contributed by atoms with E-state index in [1.54, 1.807) is 0 Å². The van der Waals surface area contributed by atoms with Crippen LogP contribution in [0.3, 0.4) is 0 Å². The molecule has 17 heavy (non-hydrogen) atoms. The average Bonchev–Trinajstić information content (AvgIpc) is 2.94. The second-order valence-corrected chi connectivity index (χ2v) is 4.32. The van der Waals surface area contributed by atoms with Crippen LogP contribution in [0, 0.1) is 0 Å². The minimum atomic E-state index is 0.212. The van der Waals surface area contributed by atoms with Gasteiger partial charge in [-0.1, -0.05) is 6.07 Å². The summed E-state index contributed by atoms with van der Waals surface area (Å²) in [7, 11) is 0. The van der Waals surface area contributed by atoms with Crippen molar-refractivity contribution in [1.29, 1.82) is 0 Å². The molecule has 0 aliphatic carbocycles. The average molecular weight is 229 g/mol. The standard InChI is InChI=1S/C13H15N3O/c1-2-15-9-14-13-10(15)5-3-6-11(13)16-8-4-7-12(16)17/h3,5-6,9H,2,4,7-8H2,1H3. The molecule has 1 saturated heterocycles. The van der Waals surface area contributed by atoms with Crippen molar-refractivity contribution in [2.45, 2.75) is 26.3 Å². The van der Waals surface area contributed by atoms with E-state index in [2.05, 4.69) is 22.5 Å². The quantitative estimate of drug-likeness (QED) is 0.791. The highest BCUT2D eigenvalue weighted by molar-refractivity contribution is 6.02. The van der Waals surface area contributed by atoms with Crippen LogP contribution >= 0.6 is 0 Å². The summed E-state index contributed by atoms with van der Waals surface area (Å²) in [5.41, 5.74) is 2.99. The van der Waals surface area contributed by atoms with Crippen molar-refractivity contribution in [1.82, 2.24) is 9.55 Å². The van der Waals surface area contributed by atoms with Crippen LogP contribution in [0.4, 0.5) is 5.69 Å². The van der Waals surface area contributed by atoms with Gasteiger partial charge in [-0.05, 0) is 25.5 Å². The van der Waals surface area contributed by atoms with E-state index >= 15 is 0 Å². The van der Waals surface area contributed by atoms with Crippen LogP contribution in [-0.4, -0.2) is 22.0 Å². The number of amides is 1. The van der Waals surface area contributed by atoms with Crippen LogP contribution in [0.25, 0.3) is 11.0 Å². The van der Waals surface area contributed by atoms with E-state index < -0.39 is 0 Å². The molecule has 1 aromatic heterocycles. The molecule has 0 radical (unpaired) electrons. The van der Waals surface area contributed by atoms with Crippen molar-refractivity contribution in [2.75, 3.05) is 11.4 Å². The molecule has 4 heteroatoms. The summed E-state index contributed by atoms with van der Waals surface area (Å²) in [6.45, 7) is 3.81. The summed E-state index contributed by atoms with van der Waals surface area (Å²) < 4.78 is 2.10. The van der Waals surface area contributed by atoms with Gasteiger partial charge in [0.1, 0.15) is 5.52 Å². The number of nitrogens with zero attached hydrogens (tertiary/aromatic N) is 3. The minimum absolute atomic E-state index is 0.212. The molecule has 0 saturated carbocycles. The largest absolute Gasteiger partial charge is 0.331 e. The summed E-state index contributed by atoms with van der Waals surface area (Å²) in [4.78, 5) is 18.1. The third-order valence-electron chi connectivity index (χ3n) is 3.33. The Balaban J connectivity index is 2.16. The highest BCUT2D eigenvalue weighted by Gasteiger charge is 2.24. The smallest absolute Gasteiger partial charge is 0.227 e. The molecule has 0 N–H and O–H groups in total. The van der Waals surface area contributed by atoms with Crippen molar-refractivity contribution in [3.8, 4) is 0 Å². The van der Waals surface area contributed by atoms with Crippen LogP contribution < -0.4 is 4.90 Å². The van der Waals surface area contributed by atoms with Gasteiger partial charge in [-0.3, -0.25) is 4.79 Å². The molecule has 1 aliphatic rings. The van der Waals surface area contributed by atoms with Gasteiger partial charge in [-0.2, -0.15) is 0 Å². The van der Waals surface area contributed by atoms with Gasteiger partial charge in [0.25, 0.3) is 0 Å². The first-order valence-electron chi connectivity index (χ1n) is 6.05. The molecule has 1 fully saturated rings. The second kappa shape index (κ2) is 3.87. The summed E-state index contributed by atoms with van der Waals surface area (Å²) in [6.07, 6.45) is 3.45. The van der Waals surface area contributed by atoms with Crippen LogP contribution in [0.5, 0.6) is 0 Å². The number of aryl methyl sites for hydroxylation is 1. The van der Waals surface area contributed by atoms with E-state index in [0.717, 1.165) is 36.2 Å². The van der Waals surface area contributed by atoms with Crippen LogP contribution in [0.2, 0.25) is 0 Å². The molecule has 1 aromatic carbocycles. The van der Waals surface area contributed by atoms with Gasteiger partial charge in [-0.15, -0.1) is 0 Å². The second-order valence-electron chi connectivity index (χ2n) is 4.32. The lowest BCUT2D eigenvalue weighted by atomic mass is 10.2. The zero-order chi connectivity index (χ0) is 11.8. The van der Waals surface area contributed by atoms with Crippen molar-refractivity contribution < 1.29 is 4.79 Å². The predicted molar refractivity (Wildman–Crippen MR) is 67.0 cm³/mol. The number of aromatic nitrogens is 2. The zero-order valence-electron chi connectivity index (χ0n) is 9.89. The molecule has 1 aliphatic heterocycles. The normalized spacial score (nSPS) is 16.1. The first kappa shape index (κ1) is 10.3. The molecule has 88 valence electrons. The van der Waals surface area contributed by atoms with E-state index in [0.29, 0.717) is 6.42 Å². The molecular formula is C13H15N3O. The van der Waals surface area contributed by atoms with Crippen LogP contribution in [0.1, 0.15) is 19.8 Å². The Hall–Kier alpha value is -1.84. The number of carbonyl (C=O) groups is 1. The number of rotatable bonds is 2. The first-order valence-corrected chi connectivity index (χ1v) is 6.05. The number of benzene rings is 1. The Morgan fingerprint density at radius 3 is 3.00 bits per heavy atom. The fourth-order valence-electron chi connectivity index (χ4n) is 2.45. The molecule has 1 amide bonds. The van der Waals surface area contributed by atoms with E-state index in [1.165, 1.54) is 0 Å². The first-order chi connectivity index (χ1) is 8.31. The Morgan fingerprint density at radius 2 is 2.29 bits per heavy atom. The van der Waals surface area contributed by atoms with Gasteiger partial charge in [0, 0.05) is 19.5 Å². The number of imidazole rings is 1. The van der Waals surface area contributed by atoms with Crippen LogP contribution in [0.15, 0.2) is 24.5 Å². The lowest BCUT2D eigenvalue weighted by Gasteiger charge is -2.16. The SMILES string of the molecule is CCn1cnc2c(N3CCCC3=O)cccc21. The van der Waals surface area contributed by atoms with Crippen molar-refractivity contribution >= 4 is 22.6 Å². The molecule has 0 spiro atoms. The van der Waals surface area contributed by atoms with Gasteiger partial charge in [0.2, 0.25) is 5.91 Å². The van der Waals surface area contributed by atoms with Gasteiger partial charge in [0.05, 0.1) is 17.5 Å². The zero-order valence-corrected chi connectivity index (χ0v) is 9.89. The summed E-state index contributed by atoms with van der Waals surface area (Å²) in [5.74, 6) is 0.212. The molecule has 2 heterocycles. The summed E-state index contributed by atoms with van der Waals surface area (Å²) in [6, 6.07) is 6.03. The number of carbonyl (C=O) groups excluding carboxylic acids is 1. The van der Waals surface area contributed by atoms with Gasteiger partial charge < -0.3 is 9.47 Å². The van der Waals surface area contributed by atoms with E-state index in [1.807, 2.05) is 23.4 Å². The van der Waals surface area contributed by atoms with Gasteiger partial charge in [0.15, 0.2) is 0 Å². The third kappa shape index (κ3) is 1.52.